The monoisotopic (exact) mass is 346 g/mol. The number of aromatic nitrogens is 3. The van der Waals surface area contributed by atoms with Crippen LogP contribution in [0.25, 0.3) is 0 Å². The van der Waals surface area contributed by atoms with Gasteiger partial charge in [0.05, 0.1) is 12.6 Å². The Morgan fingerprint density at radius 1 is 1.50 bits per heavy atom. The zero-order chi connectivity index (χ0) is 17.7. The normalized spacial score (nSPS) is 32.1. The van der Waals surface area contributed by atoms with Crippen LogP contribution in [0.5, 0.6) is 0 Å². The Bertz CT molecular complexity index is 555. The minimum Gasteiger partial charge on any atom is -0.478 e. The van der Waals surface area contributed by atoms with Crippen molar-refractivity contribution in [2.24, 2.45) is 0 Å². The molecular weight excluding hydrogens is 327 g/mol. The third kappa shape index (κ3) is 4.13. The number of alkyl halides is 1. The Hall–Kier alpha value is -1.92. The van der Waals surface area contributed by atoms with E-state index in [0.717, 1.165) is 6.08 Å². The fraction of sp³-hybridized carbons (Fsp3) is 0.615. The number of aromatic amines is 1. The lowest BCUT2D eigenvalue weighted by atomic mass is 9.91. The Morgan fingerprint density at radius 3 is 2.83 bits per heavy atom. The Kier molecular flexibility index (Phi) is 6.34. The second-order valence-corrected chi connectivity index (χ2v) is 5.27. The van der Waals surface area contributed by atoms with Crippen molar-refractivity contribution in [2.45, 2.75) is 36.6 Å². The molecule has 2 heterocycles. The van der Waals surface area contributed by atoms with Crippen molar-refractivity contribution in [3.63, 3.8) is 0 Å². The molecule has 0 bridgehead atoms. The number of hydrogen-bond donors (Lipinski definition) is 6. The van der Waals surface area contributed by atoms with E-state index in [0.29, 0.717) is 0 Å². The average molecular weight is 346 g/mol. The van der Waals surface area contributed by atoms with Crippen LogP contribution in [0.2, 0.25) is 0 Å². The maximum atomic E-state index is 14.5. The molecule has 10 nitrogen and oxygen atoms in total. The number of H-pyrrole nitrogens is 1. The highest BCUT2D eigenvalue weighted by Crippen LogP contribution is 2.31. The van der Waals surface area contributed by atoms with Gasteiger partial charge in [-0.25, -0.2) is 9.18 Å². The van der Waals surface area contributed by atoms with Gasteiger partial charge in [0.1, 0.15) is 30.1 Å². The van der Waals surface area contributed by atoms with Crippen LogP contribution in [0.1, 0.15) is 11.7 Å². The number of nitrogens with zero attached hydrogens (tertiary/aromatic N) is 2. The van der Waals surface area contributed by atoms with Crippen LogP contribution < -0.4 is 5.32 Å². The van der Waals surface area contributed by atoms with Crippen molar-refractivity contribution < 1.29 is 34.3 Å². The number of nitrogens with one attached hydrogen (secondary N) is 2. The molecule has 134 valence electrons. The summed E-state index contributed by atoms with van der Waals surface area (Å²) in [4.78, 5) is 10.5. The third-order valence-corrected chi connectivity index (χ3v) is 3.68. The van der Waals surface area contributed by atoms with Crippen LogP contribution in [0.15, 0.2) is 18.3 Å². The minimum atomic E-state index is -1.96. The lowest BCUT2D eigenvalue weighted by molar-refractivity contribution is -0.219. The molecule has 0 saturated carbocycles. The molecule has 1 aromatic heterocycles. The van der Waals surface area contributed by atoms with Gasteiger partial charge in [-0.05, 0) is 0 Å². The van der Waals surface area contributed by atoms with Gasteiger partial charge in [-0.15, -0.1) is 5.10 Å². The number of halogens is 1. The van der Waals surface area contributed by atoms with E-state index in [4.69, 9.17) is 9.84 Å². The number of carboxylic acid groups (broad SMARTS) is 1. The smallest absolute Gasteiger partial charge is 0.328 e. The first-order valence-electron chi connectivity index (χ1n) is 7.21. The molecule has 1 aromatic rings. The minimum absolute atomic E-state index is 0.0544. The lowest BCUT2D eigenvalue weighted by Gasteiger charge is -2.41. The van der Waals surface area contributed by atoms with Gasteiger partial charge in [0, 0.05) is 18.8 Å². The molecule has 0 amide bonds. The van der Waals surface area contributed by atoms with Gasteiger partial charge in [-0.3, -0.25) is 5.10 Å². The maximum absolute atomic E-state index is 14.5. The molecule has 11 heteroatoms. The van der Waals surface area contributed by atoms with Gasteiger partial charge < -0.3 is 30.5 Å². The first-order valence-corrected chi connectivity index (χ1v) is 7.21. The fourth-order valence-corrected chi connectivity index (χ4v) is 2.48. The van der Waals surface area contributed by atoms with Crippen LogP contribution in [0.3, 0.4) is 0 Å². The summed E-state index contributed by atoms with van der Waals surface area (Å²) >= 11 is 0. The van der Waals surface area contributed by atoms with Gasteiger partial charge in [0.2, 0.25) is 0 Å². The average Bonchev–Trinajstić information content (AvgIpc) is 3.08. The highest BCUT2D eigenvalue weighted by atomic mass is 19.1. The van der Waals surface area contributed by atoms with Gasteiger partial charge in [-0.1, -0.05) is 11.3 Å². The van der Waals surface area contributed by atoms with Crippen molar-refractivity contribution in [1.82, 2.24) is 20.7 Å². The first-order chi connectivity index (χ1) is 11.5. The first kappa shape index (κ1) is 18.4. The summed E-state index contributed by atoms with van der Waals surface area (Å²) in [6, 6.07) is -0.895. The van der Waals surface area contributed by atoms with E-state index < -0.39 is 49.2 Å². The number of aliphatic hydroxyl groups is 3. The summed E-state index contributed by atoms with van der Waals surface area (Å²) in [5, 5.41) is 49.9. The van der Waals surface area contributed by atoms with Gasteiger partial charge >= 0.3 is 5.97 Å². The molecule has 1 fully saturated rings. The quantitative estimate of drug-likeness (QED) is 0.304. The van der Waals surface area contributed by atoms with Crippen molar-refractivity contribution in [3.8, 4) is 0 Å². The van der Waals surface area contributed by atoms with Crippen LogP contribution in [-0.2, 0) is 9.53 Å². The Balaban J connectivity index is 2.17. The summed E-state index contributed by atoms with van der Waals surface area (Å²) in [6.07, 6.45) is -4.10. The van der Waals surface area contributed by atoms with E-state index in [1.807, 2.05) is 0 Å². The summed E-state index contributed by atoms with van der Waals surface area (Å²) < 4.78 is 19.8. The summed E-state index contributed by atoms with van der Waals surface area (Å²) in [6.45, 7) is -0.551. The molecular formula is C13H19FN4O6. The highest BCUT2D eigenvalue weighted by Gasteiger charge is 2.48. The lowest BCUT2D eigenvalue weighted by Crippen LogP contribution is -2.59. The van der Waals surface area contributed by atoms with E-state index in [-0.39, 0.29) is 12.2 Å². The second-order valence-electron chi connectivity index (χ2n) is 5.27. The van der Waals surface area contributed by atoms with Crippen molar-refractivity contribution >= 4 is 5.97 Å². The summed E-state index contributed by atoms with van der Waals surface area (Å²) in [5.41, 5.74) is 0.270. The standard InChI is InChI=1S/C13H19FN4O6/c14-9-12(23)11(22)7(5-19)24-13(9)10(6-4-16-18-17-6)15-3-1-2-8(20)21/h1-2,4,7,9-13,15,19,22-23H,3,5H2,(H,20,21)(H,16,17,18). The van der Waals surface area contributed by atoms with Crippen LogP contribution in [-0.4, -0.2) is 85.5 Å². The third-order valence-electron chi connectivity index (χ3n) is 3.68. The number of carbonyl (C=O) groups is 1. The highest BCUT2D eigenvalue weighted by molar-refractivity contribution is 5.79. The zero-order valence-corrected chi connectivity index (χ0v) is 12.5. The van der Waals surface area contributed by atoms with E-state index in [9.17, 15) is 24.5 Å². The molecule has 6 N–H and O–H groups in total. The number of carboxylic acids is 1. The molecule has 2 rings (SSSR count). The number of hydrogen-bond acceptors (Lipinski definition) is 8. The van der Waals surface area contributed by atoms with Gasteiger partial charge in [0.25, 0.3) is 0 Å². The van der Waals surface area contributed by atoms with Crippen molar-refractivity contribution in [3.05, 3.63) is 24.0 Å². The molecule has 0 spiro atoms. The van der Waals surface area contributed by atoms with E-state index >= 15 is 0 Å². The van der Waals surface area contributed by atoms with Gasteiger partial charge in [-0.2, -0.15) is 0 Å². The van der Waals surface area contributed by atoms with E-state index in [2.05, 4.69) is 20.7 Å². The number of ether oxygens (including phenoxy) is 1. The summed E-state index contributed by atoms with van der Waals surface area (Å²) in [7, 11) is 0. The number of rotatable bonds is 7. The molecule has 1 aliphatic rings. The van der Waals surface area contributed by atoms with Crippen molar-refractivity contribution in [2.75, 3.05) is 13.2 Å². The maximum Gasteiger partial charge on any atom is 0.328 e. The molecule has 0 aliphatic carbocycles. The van der Waals surface area contributed by atoms with E-state index in [1.165, 1.54) is 12.3 Å². The number of aliphatic carboxylic acids is 1. The van der Waals surface area contributed by atoms with Crippen molar-refractivity contribution in [1.29, 1.82) is 0 Å². The predicted molar refractivity (Wildman–Crippen MR) is 76.6 cm³/mol. The molecule has 24 heavy (non-hydrogen) atoms. The molecule has 1 saturated heterocycles. The Labute approximate surface area is 136 Å². The van der Waals surface area contributed by atoms with Crippen LogP contribution in [0, 0.1) is 0 Å². The SMILES string of the molecule is O=C(O)C=CCNC(c1c[nH]nn1)C1OC(CO)C(O)C(O)C1F. The zero-order valence-electron chi connectivity index (χ0n) is 12.5. The molecule has 1 aliphatic heterocycles. The van der Waals surface area contributed by atoms with E-state index in [1.54, 1.807) is 0 Å². The second kappa shape index (κ2) is 8.26. The topological polar surface area (TPSA) is 161 Å². The van der Waals surface area contributed by atoms with Crippen LogP contribution in [0.4, 0.5) is 4.39 Å². The molecule has 6 unspecified atom stereocenters. The predicted octanol–water partition coefficient (Wildman–Crippen LogP) is -2.10. The van der Waals surface area contributed by atoms with Crippen LogP contribution >= 0.6 is 0 Å². The Morgan fingerprint density at radius 2 is 2.25 bits per heavy atom. The fourth-order valence-electron chi connectivity index (χ4n) is 2.48. The van der Waals surface area contributed by atoms with Gasteiger partial charge in [0.15, 0.2) is 6.17 Å². The molecule has 0 radical (unpaired) electrons. The molecule has 6 atom stereocenters. The largest absolute Gasteiger partial charge is 0.478 e. The summed E-state index contributed by atoms with van der Waals surface area (Å²) in [5.74, 6) is -1.13. The molecule has 0 aromatic carbocycles. The number of aliphatic hydroxyl groups excluding tert-OH is 3.